The van der Waals surface area contributed by atoms with Crippen LogP contribution in [0.3, 0.4) is 0 Å². The second kappa shape index (κ2) is 4.27. The zero-order valence-electron chi connectivity index (χ0n) is 9.48. The van der Waals surface area contributed by atoms with Crippen molar-refractivity contribution in [3.63, 3.8) is 0 Å². The van der Waals surface area contributed by atoms with E-state index in [0.717, 1.165) is 18.9 Å². The van der Waals surface area contributed by atoms with Gasteiger partial charge < -0.3 is 5.32 Å². The van der Waals surface area contributed by atoms with Crippen LogP contribution in [0.25, 0.3) is 0 Å². The Morgan fingerprint density at radius 2 is 2.06 bits per heavy atom. The summed E-state index contributed by atoms with van der Waals surface area (Å²) in [6.07, 6.45) is 2.02. The van der Waals surface area contributed by atoms with Gasteiger partial charge in [0, 0.05) is 6.04 Å². The first kappa shape index (κ1) is 12.3. The summed E-state index contributed by atoms with van der Waals surface area (Å²) >= 11 is 0. The number of rotatable bonds is 3. The minimum atomic E-state index is -3.84. The van der Waals surface area contributed by atoms with Crippen LogP contribution in [0.5, 0.6) is 0 Å². The molecule has 1 fully saturated rings. The molecule has 0 aromatic heterocycles. The zero-order chi connectivity index (χ0) is 12.6. The monoisotopic (exact) mass is 258 g/mol. The van der Waals surface area contributed by atoms with Crippen molar-refractivity contribution in [2.45, 2.75) is 30.7 Å². The molecule has 0 aliphatic heterocycles. The molecule has 0 atom stereocenters. The number of nitrogens with one attached hydrogen (secondary N) is 1. The van der Waals surface area contributed by atoms with E-state index in [1.807, 2.05) is 0 Å². The van der Waals surface area contributed by atoms with Crippen molar-refractivity contribution < 1.29 is 12.8 Å². The van der Waals surface area contributed by atoms with Crippen molar-refractivity contribution in [2.24, 2.45) is 11.1 Å². The van der Waals surface area contributed by atoms with Gasteiger partial charge in [-0.1, -0.05) is 6.92 Å². The fraction of sp³-hybridized carbons (Fsp3) is 0.455. The molecule has 0 spiro atoms. The number of sulfonamides is 1. The third-order valence-electron chi connectivity index (χ3n) is 3.00. The molecule has 6 heteroatoms. The van der Waals surface area contributed by atoms with Crippen LogP contribution in [-0.2, 0) is 10.0 Å². The van der Waals surface area contributed by atoms with E-state index in [0.29, 0.717) is 11.6 Å². The van der Waals surface area contributed by atoms with Gasteiger partial charge in [0.15, 0.2) is 0 Å². The molecule has 1 saturated carbocycles. The molecule has 0 bridgehead atoms. The van der Waals surface area contributed by atoms with E-state index in [4.69, 9.17) is 5.14 Å². The maximum absolute atomic E-state index is 13.6. The van der Waals surface area contributed by atoms with E-state index < -0.39 is 15.8 Å². The lowest BCUT2D eigenvalue weighted by molar-refractivity contribution is 0.308. The van der Waals surface area contributed by atoms with Crippen molar-refractivity contribution in [1.82, 2.24) is 0 Å². The molecule has 2 rings (SSSR count). The molecule has 1 aliphatic carbocycles. The average molecular weight is 258 g/mol. The summed E-state index contributed by atoms with van der Waals surface area (Å²) in [4.78, 5) is -0.206. The van der Waals surface area contributed by atoms with Crippen LogP contribution in [-0.4, -0.2) is 14.5 Å². The fourth-order valence-corrected chi connectivity index (χ4v) is 2.56. The zero-order valence-corrected chi connectivity index (χ0v) is 10.3. The summed E-state index contributed by atoms with van der Waals surface area (Å²) in [5, 5.41) is 7.96. The van der Waals surface area contributed by atoms with Gasteiger partial charge >= 0.3 is 0 Å². The summed E-state index contributed by atoms with van der Waals surface area (Å²) in [5.41, 5.74) is 0.328. The molecule has 1 aromatic carbocycles. The molecular weight excluding hydrogens is 243 g/mol. The molecule has 0 heterocycles. The van der Waals surface area contributed by atoms with Crippen LogP contribution in [0.15, 0.2) is 23.1 Å². The van der Waals surface area contributed by atoms with Crippen molar-refractivity contribution in [3.05, 3.63) is 24.0 Å². The molecule has 0 unspecified atom stereocenters. The first-order valence-electron chi connectivity index (χ1n) is 5.45. The van der Waals surface area contributed by atoms with Crippen LogP contribution < -0.4 is 10.5 Å². The molecule has 1 aromatic rings. The Bertz CT molecular complexity index is 524. The minimum absolute atomic E-state index is 0.206. The van der Waals surface area contributed by atoms with Crippen LogP contribution in [0.2, 0.25) is 0 Å². The highest BCUT2D eigenvalue weighted by atomic mass is 32.2. The van der Waals surface area contributed by atoms with Crippen LogP contribution >= 0.6 is 0 Å². The number of halogens is 1. The average Bonchev–Trinajstić information content (AvgIpc) is 2.16. The van der Waals surface area contributed by atoms with E-state index in [1.165, 1.54) is 12.1 Å². The highest BCUT2D eigenvalue weighted by Gasteiger charge is 2.25. The summed E-state index contributed by atoms with van der Waals surface area (Å²) in [7, 11) is -3.84. The molecular formula is C11H15FN2O2S. The third-order valence-corrected chi connectivity index (χ3v) is 3.91. The lowest BCUT2D eigenvalue weighted by Gasteiger charge is -2.34. The lowest BCUT2D eigenvalue weighted by Crippen LogP contribution is -2.34. The van der Waals surface area contributed by atoms with Gasteiger partial charge in [0.25, 0.3) is 0 Å². The number of hydrogen-bond donors (Lipinski definition) is 2. The summed E-state index contributed by atoms with van der Waals surface area (Å²) in [6.45, 7) is 2.14. The van der Waals surface area contributed by atoms with E-state index in [2.05, 4.69) is 12.2 Å². The molecule has 0 radical (unpaired) electrons. The molecule has 1 aliphatic rings. The molecule has 94 valence electrons. The van der Waals surface area contributed by atoms with Gasteiger partial charge in [0.05, 0.1) is 10.6 Å². The Labute approximate surface area is 100 Å². The second-order valence-corrected chi connectivity index (χ2v) is 6.17. The smallest absolute Gasteiger partial charge is 0.238 e. The molecule has 4 nitrogen and oxygen atoms in total. The van der Waals surface area contributed by atoms with Gasteiger partial charge in [-0.3, -0.25) is 0 Å². The Kier molecular flexibility index (Phi) is 3.09. The van der Waals surface area contributed by atoms with Gasteiger partial charge in [0.2, 0.25) is 10.0 Å². The summed E-state index contributed by atoms with van der Waals surface area (Å²) in [6, 6.07) is 3.94. The van der Waals surface area contributed by atoms with Crippen molar-refractivity contribution in [1.29, 1.82) is 0 Å². The predicted octanol–water partition coefficient (Wildman–Crippen LogP) is 1.68. The number of anilines is 1. The normalized spacial score (nSPS) is 24.2. The highest BCUT2D eigenvalue weighted by molar-refractivity contribution is 7.89. The first-order chi connectivity index (χ1) is 7.86. The van der Waals surface area contributed by atoms with Gasteiger partial charge in [-0.05, 0) is 37.0 Å². The van der Waals surface area contributed by atoms with Crippen molar-refractivity contribution >= 4 is 15.7 Å². The summed E-state index contributed by atoms with van der Waals surface area (Å²) < 4.78 is 35.7. The number of primary sulfonamides is 1. The quantitative estimate of drug-likeness (QED) is 0.866. The maximum Gasteiger partial charge on any atom is 0.238 e. The Morgan fingerprint density at radius 1 is 1.41 bits per heavy atom. The van der Waals surface area contributed by atoms with E-state index in [9.17, 15) is 12.8 Å². The molecule has 17 heavy (non-hydrogen) atoms. The Balaban J connectivity index is 2.15. The number of nitrogens with two attached hydrogens (primary N) is 1. The minimum Gasteiger partial charge on any atom is -0.380 e. The van der Waals surface area contributed by atoms with Crippen molar-refractivity contribution in [3.8, 4) is 0 Å². The Hall–Kier alpha value is -1.14. The fourth-order valence-electron chi connectivity index (χ4n) is 2.03. The highest BCUT2D eigenvalue weighted by Crippen LogP contribution is 2.30. The molecule has 0 amide bonds. The van der Waals surface area contributed by atoms with Gasteiger partial charge in [-0.2, -0.15) is 0 Å². The standard InChI is InChI=1S/C11H15FN2O2S/c1-7-4-8(5-7)14-11-3-2-9(6-10(11)12)17(13,15)16/h2-3,6-8,14H,4-5H2,1H3,(H2,13,15,16). The molecule has 3 N–H and O–H groups in total. The number of hydrogen-bond acceptors (Lipinski definition) is 3. The SMILES string of the molecule is CC1CC(Nc2ccc(S(N)(=O)=O)cc2F)C1. The summed E-state index contributed by atoms with van der Waals surface area (Å²) in [5.74, 6) is 0.0790. The van der Waals surface area contributed by atoms with Gasteiger partial charge in [-0.25, -0.2) is 17.9 Å². The lowest BCUT2D eigenvalue weighted by atomic mass is 9.82. The van der Waals surface area contributed by atoms with E-state index >= 15 is 0 Å². The van der Waals surface area contributed by atoms with E-state index in [1.54, 1.807) is 0 Å². The number of benzene rings is 1. The largest absolute Gasteiger partial charge is 0.380 e. The first-order valence-corrected chi connectivity index (χ1v) is 7.00. The third kappa shape index (κ3) is 2.76. The van der Waals surface area contributed by atoms with E-state index in [-0.39, 0.29) is 10.9 Å². The maximum atomic E-state index is 13.6. The predicted molar refractivity (Wildman–Crippen MR) is 63.6 cm³/mol. The van der Waals surface area contributed by atoms with Gasteiger partial charge in [0.1, 0.15) is 5.82 Å². The van der Waals surface area contributed by atoms with Crippen molar-refractivity contribution in [2.75, 3.05) is 5.32 Å². The van der Waals surface area contributed by atoms with Crippen LogP contribution in [0.4, 0.5) is 10.1 Å². The topological polar surface area (TPSA) is 72.2 Å². The Morgan fingerprint density at radius 3 is 2.53 bits per heavy atom. The van der Waals surface area contributed by atoms with Crippen LogP contribution in [0, 0.1) is 11.7 Å². The van der Waals surface area contributed by atoms with Crippen LogP contribution in [0.1, 0.15) is 19.8 Å². The molecule has 0 saturated heterocycles. The van der Waals surface area contributed by atoms with Gasteiger partial charge in [-0.15, -0.1) is 0 Å². The second-order valence-electron chi connectivity index (χ2n) is 4.60.